The van der Waals surface area contributed by atoms with E-state index in [4.69, 9.17) is 4.74 Å². The van der Waals surface area contributed by atoms with Gasteiger partial charge in [-0.2, -0.15) is 0 Å². The van der Waals surface area contributed by atoms with Crippen molar-refractivity contribution in [3.63, 3.8) is 0 Å². The Kier molecular flexibility index (Phi) is 5.54. The van der Waals surface area contributed by atoms with Crippen LogP contribution >= 0.6 is 0 Å². The quantitative estimate of drug-likeness (QED) is 0.818. The van der Waals surface area contributed by atoms with Gasteiger partial charge in [0, 0.05) is 26.2 Å². The first-order valence-corrected chi connectivity index (χ1v) is 8.39. The summed E-state index contributed by atoms with van der Waals surface area (Å²) in [6, 6.07) is 8.76. The molecule has 1 saturated heterocycles. The second-order valence-electron chi connectivity index (χ2n) is 4.99. The molecule has 1 atom stereocenters. The molecule has 112 valence electrons. The van der Waals surface area contributed by atoms with Crippen molar-refractivity contribution in [2.75, 3.05) is 33.4 Å². The minimum absolute atomic E-state index is 0.267. The third kappa shape index (κ3) is 4.02. The minimum Gasteiger partial charge on any atom is -0.383 e. The van der Waals surface area contributed by atoms with E-state index in [0.717, 1.165) is 25.9 Å². The third-order valence-corrected chi connectivity index (χ3v) is 5.08. The van der Waals surface area contributed by atoms with Crippen molar-refractivity contribution in [3.05, 3.63) is 30.3 Å². The first-order valence-electron chi connectivity index (χ1n) is 6.91. The molecule has 0 saturated carbocycles. The monoisotopic (exact) mass is 298 g/mol. The second-order valence-corrected chi connectivity index (χ2v) is 6.76. The van der Waals surface area contributed by atoms with Crippen molar-refractivity contribution >= 4 is 10.0 Å². The Morgan fingerprint density at radius 3 is 2.80 bits per heavy atom. The summed E-state index contributed by atoms with van der Waals surface area (Å²) in [5, 5.41) is 0. The van der Waals surface area contributed by atoms with Crippen LogP contribution in [0.4, 0.5) is 0 Å². The molecule has 1 N–H and O–H groups in total. The molecule has 1 fully saturated rings. The van der Waals surface area contributed by atoms with Crippen molar-refractivity contribution in [1.29, 1.82) is 0 Å². The molecule has 0 aromatic heterocycles. The molecule has 6 heteroatoms. The summed E-state index contributed by atoms with van der Waals surface area (Å²) >= 11 is 0. The average Bonchev–Trinajstić information content (AvgIpc) is 2.91. The van der Waals surface area contributed by atoms with E-state index in [1.54, 1.807) is 31.4 Å². The molecule has 0 bridgehead atoms. The highest BCUT2D eigenvalue weighted by molar-refractivity contribution is 7.89. The molecule has 1 aromatic carbocycles. The van der Waals surface area contributed by atoms with Gasteiger partial charge in [-0.3, -0.25) is 4.90 Å². The van der Waals surface area contributed by atoms with Gasteiger partial charge in [0.15, 0.2) is 0 Å². The maximum atomic E-state index is 12.2. The molecule has 20 heavy (non-hydrogen) atoms. The average molecular weight is 298 g/mol. The van der Waals surface area contributed by atoms with Crippen LogP contribution in [0.15, 0.2) is 35.2 Å². The second kappa shape index (κ2) is 7.17. The molecule has 1 aromatic rings. The first-order chi connectivity index (χ1) is 9.63. The molecular formula is C14H22N2O3S. The minimum atomic E-state index is -3.40. The lowest BCUT2D eigenvalue weighted by molar-refractivity contribution is 0.141. The van der Waals surface area contributed by atoms with Crippen LogP contribution in [0.2, 0.25) is 0 Å². The highest BCUT2D eigenvalue weighted by atomic mass is 32.2. The summed E-state index contributed by atoms with van der Waals surface area (Å²) in [5.41, 5.74) is 0. The van der Waals surface area contributed by atoms with Gasteiger partial charge in [0.2, 0.25) is 10.0 Å². The van der Waals surface area contributed by atoms with Crippen molar-refractivity contribution in [1.82, 2.24) is 9.62 Å². The van der Waals surface area contributed by atoms with Gasteiger partial charge >= 0.3 is 0 Å². The number of nitrogens with one attached hydrogen (secondary N) is 1. The highest BCUT2D eigenvalue weighted by Crippen LogP contribution is 2.17. The standard InChI is InChI=1S/C14H22N2O3S/c1-19-11-10-16-9-5-6-13(16)12-15-20(17,18)14-7-3-2-4-8-14/h2-4,7-8,13,15H,5-6,9-12H2,1H3. The van der Waals surface area contributed by atoms with E-state index in [9.17, 15) is 8.42 Å². The molecule has 1 unspecified atom stereocenters. The van der Waals surface area contributed by atoms with Gasteiger partial charge in [-0.25, -0.2) is 13.1 Å². The zero-order chi connectivity index (χ0) is 14.4. The molecule has 1 aliphatic rings. The van der Waals surface area contributed by atoms with E-state index in [0.29, 0.717) is 18.0 Å². The summed E-state index contributed by atoms with van der Waals surface area (Å²) in [6.45, 7) is 3.01. The molecule has 1 heterocycles. The fourth-order valence-electron chi connectivity index (χ4n) is 2.52. The van der Waals surface area contributed by atoms with Crippen LogP contribution in [0, 0.1) is 0 Å². The Labute approximate surface area is 121 Å². The van der Waals surface area contributed by atoms with E-state index >= 15 is 0 Å². The number of rotatable bonds is 7. The van der Waals surface area contributed by atoms with Crippen molar-refractivity contribution in [2.45, 2.75) is 23.8 Å². The lowest BCUT2D eigenvalue weighted by Gasteiger charge is -2.24. The molecule has 0 spiro atoms. The highest BCUT2D eigenvalue weighted by Gasteiger charge is 2.25. The van der Waals surface area contributed by atoms with Crippen molar-refractivity contribution < 1.29 is 13.2 Å². The maximum absolute atomic E-state index is 12.2. The van der Waals surface area contributed by atoms with Gasteiger partial charge in [-0.1, -0.05) is 18.2 Å². The number of hydrogen-bond donors (Lipinski definition) is 1. The van der Waals surface area contributed by atoms with E-state index < -0.39 is 10.0 Å². The molecular weight excluding hydrogens is 276 g/mol. The van der Waals surface area contributed by atoms with Crippen LogP contribution in [0.25, 0.3) is 0 Å². The van der Waals surface area contributed by atoms with Gasteiger partial charge in [-0.05, 0) is 31.5 Å². The number of likely N-dealkylation sites (tertiary alicyclic amines) is 1. The van der Waals surface area contributed by atoms with Crippen LogP contribution in [0.5, 0.6) is 0 Å². The van der Waals surface area contributed by atoms with E-state index in [2.05, 4.69) is 9.62 Å². The van der Waals surface area contributed by atoms with Gasteiger partial charge in [0.25, 0.3) is 0 Å². The Bertz CT molecular complexity index is 504. The number of ether oxygens (including phenoxy) is 1. The predicted molar refractivity (Wildman–Crippen MR) is 78.1 cm³/mol. The van der Waals surface area contributed by atoms with Gasteiger partial charge in [0.1, 0.15) is 0 Å². The van der Waals surface area contributed by atoms with Gasteiger partial charge < -0.3 is 4.74 Å². The Morgan fingerprint density at radius 2 is 2.10 bits per heavy atom. The fourth-order valence-corrected chi connectivity index (χ4v) is 3.61. The largest absolute Gasteiger partial charge is 0.383 e. The van der Waals surface area contributed by atoms with E-state index in [1.165, 1.54) is 0 Å². The number of benzene rings is 1. The molecule has 0 radical (unpaired) electrons. The third-order valence-electron chi connectivity index (χ3n) is 3.64. The number of nitrogens with zero attached hydrogens (tertiary/aromatic N) is 1. The van der Waals surface area contributed by atoms with Crippen molar-refractivity contribution in [2.24, 2.45) is 0 Å². The maximum Gasteiger partial charge on any atom is 0.240 e. The number of methoxy groups -OCH3 is 1. The Morgan fingerprint density at radius 1 is 1.35 bits per heavy atom. The SMILES string of the molecule is COCCN1CCCC1CNS(=O)(=O)c1ccccc1. The topological polar surface area (TPSA) is 58.6 Å². The lowest BCUT2D eigenvalue weighted by atomic mass is 10.2. The summed E-state index contributed by atoms with van der Waals surface area (Å²) < 4.78 is 32.1. The molecule has 2 rings (SSSR count). The summed E-state index contributed by atoms with van der Waals surface area (Å²) in [5.74, 6) is 0. The zero-order valence-corrected chi connectivity index (χ0v) is 12.6. The van der Waals surface area contributed by atoms with Crippen molar-refractivity contribution in [3.8, 4) is 0 Å². The summed E-state index contributed by atoms with van der Waals surface area (Å²) in [4.78, 5) is 2.61. The van der Waals surface area contributed by atoms with Gasteiger partial charge in [0.05, 0.1) is 11.5 Å². The van der Waals surface area contributed by atoms with Crippen LogP contribution in [-0.2, 0) is 14.8 Å². The molecule has 0 amide bonds. The predicted octanol–water partition coefficient (Wildman–Crippen LogP) is 1.08. The van der Waals surface area contributed by atoms with Crippen LogP contribution < -0.4 is 4.72 Å². The summed E-state index contributed by atoms with van der Waals surface area (Å²) in [6.07, 6.45) is 2.14. The van der Waals surface area contributed by atoms with E-state index in [-0.39, 0.29) is 6.04 Å². The first kappa shape index (κ1) is 15.4. The summed E-state index contributed by atoms with van der Waals surface area (Å²) in [7, 11) is -1.72. The van der Waals surface area contributed by atoms with Crippen LogP contribution in [-0.4, -0.2) is 52.7 Å². The molecule has 1 aliphatic heterocycles. The Balaban J connectivity index is 1.91. The molecule has 0 aliphatic carbocycles. The Hall–Kier alpha value is -0.950. The molecule has 5 nitrogen and oxygen atoms in total. The van der Waals surface area contributed by atoms with Gasteiger partial charge in [-0.15, -0.1) is 0 Å². The smallest absolute Gasteiger partial charge is 0.240 e. The van der Waals surface area contributed by atoms with Crippen LogP contribution in [0.1, 0.15) is 12.8 Å². The normalized spacial score (nSPS) is 20.4. The van der Waals surface area contributed by atoms with E-state index in [1.807, 2.05) is 6.07 Å². The van der Waals surface area contributed by atoms with Crippen LogP contribution in [0.3, 0.4) is 0 Å². The number of hydrogen-bond acceptors (Lipinski definition) is 4. The fraction of sp³-hybridized carbons (Fsp3) is 0.571. The number of sulfonamides is 1. The zero-order valence-electron chi connectivity index (χ0n) is 11.8. The lowest BCUT2D eigenvalue weighted by Crippen LogP contribution is -2.41.